The van der Waals surface area contributed by atoms with E-state index in [-0.39, 0.29) is 5.84 Å². The topological polar surface area (TPSA) is 53.1 Å². The number of nitrogen functional groups attached to an aromatic ring is 1. The Balaban J connectivity index is 3.25. The van der Waals surface area contributed by atoms with Gasteiger partial charge in [0.2, 0.25) is 0 Å². The molecule has 0 saturated heterocycles. The Bertz CT molecular complexity index is 427. The van der Waals surface area contributed by atoms with Crippen LogP contribution in [0.25, 0.3) is 0 Å². The zero-order valence-corrected chi connectivity index (χ0v) is 12.3. The molecule has 1 rings (SSSR count). The number of anilines is 1. The highest BCUT2D eigenvalue weighted by molar-refractivity contribution is 6.31. The molecule has 100 valence electrons. The third-order valence-electron chi connectivity index (χ3n) is 2.74. The van der Waals surface area contributed by atoms with Crippen LogP contribution in [0.2, 0.25) is 5.02 Å². The predicted molar refractivity (Wildman–Crippen MR) is 79.8 cm³/mol. The molecule has 0 aromatic heterocycles. The van der Waals surface area contributed by atoms with Crippen LogP contribution in [0, 0.1) is 11.3 Å². The van der Waals surface area contributed by atoms with Crippen molar-refractivity contribution in [1.29, 1.82) is 5.41 Å². The number of amidine groups is 1. The molecule has 1 aromatic rings. The van der Waals surface area contributed by atoms with Gasteiger partial charge in [-0.05, 0) is 38.0 Å². The Labute approximate surface area is 114 Å². The minimum atomic E-state index is 0.0797. The molecule has 0 radical (unpaired) electrons. The lowest BCUT2D eigenvalue weighted by Crippen LogP contribution is -2.35. The lowest BCUT2D eigenvalue weighted by molar-refractivity contribution is 0.571. The second kappa shape index (κ2) is 6.10. The van der Waals surface area contributed by atoms with E-state index in [1.54, 1.807) is 6.07 Å². The maximum atomic E-state index is 7.67. The molecule has 0 saturated carbocycles. The molecule has 0 atom stereocenters. The third-order valence-corrected chi connectivity index (χ3v) is 2.98. The first-order valence-corrected chi connectivity index (χ1v) is 6.61. The van der Waals surface area contributed by atoms with Gasteiger partial charge >= 0.3 is 0 Å². The molecule has 0 fully saturated rings. The smallest absolute Gasteiger partial charge is 0.124 e. The number of hydrogen-bond acceptors (Lipinski definition) is 2. The van der Waals surface area contributed by atoms with E-state index in [0.29, 0.717) is 17.0 Å². The Hall–Kier alpha value is -1.22. The molecule has 0 amide bonds. The monoisotopic (exact) mass is 267 g/mol. The number of halogens is 1. The molecule has 0 bridgehead atoms. The quantitative estimate of drug-likeness (QED) is 0.634. The van der Waals surface area contributed by atoms with Crippen molar-refractivity contribution in [3.63, 3.8) is 0 Å². The summed E-state index contributed by atoms with van der Waals surface area (Å²) < 4.78 is 0. The lowest BCUT2D eigenvalue weighted by atomic mass is 10.1. The van der Waals surface area contributed by atoms with E-state index >= 15 is 0 Å². The van der Waals surface area contributed by atoms with Crippen molar-refractivity contribution >= 4 is 23.1 Å². The molecule has 0 spiro atoms. The number of nitrogens with two attached hydrogens (primary N) is 1. The van der Waals surface area contributed by atoms with E-state index in [1.165, 1.54) is 0 Å². The first kappa shape index (κ1) is 14.8. The highest BCUT2D eigenvalue weighted by atomic mass is 35.5. The zero-order chi connectivity index (χ0) is 13.9. The van der Waals surface area contributed by atoms with Crippen LogP contribution in [0.3, 0.4) is 0 Å². The Morgan fingerprint density at radius 2 is 1.94 bits per heavy atom. The van der Waals surface area contributed by atoms with Crippen molar-refractivity contribution in [2.75, 3.05) is 11.4 Å². The zero-order valence-electron chi connectivity index (χ0n) is 11.5. The van der Waals surface area contributed by atoms with E-state index in [2.05, 4.69) is 32.6 Å². The van der Waals surface area contributed by atoms with Crippen LogP contribution in [0.1, 0.15) is 33.3 Å². The van der Waals surface area contributed by atoms with Gasteiger partial charge in [0.05, 0.1) is 0 Å². The first-order chi connectivity index (χ1) is 8.32. The lowest BCUT2D eigenvalue weighted by Gasteiger charge is -2.32. The van der Waals surface area contributed by atoms with Crippen LogP contribution in [0.15, 0.2) is 18.2 Å². The SMILES string of the molecule is CC(C)CN(c1cc(Cl)ccc1C(=N)N)C(C)C. The molecular formula is C14H22ClN3. The molecule has 0 heterocycles. The molecule has 18 heavy (non-hydrogen) atoms. The van der Waals surface area contributed by atoms with Crippen LogP contribution in [0.5, 0.6) is 0 Å². The Morgan fingerprint density at radius 1 is 1.33 bits per heavy atom. The van der Waals surface area contributed by atoms with Crippen LogP contribution in [0.4, 0.5) is 5.69 Å². The van der Waals surface area contributed by atoms with E-state index in [9.17, 15) is 0 Å². The van der Waals surface area contributed by atoms with Crippen molar-refractivity contribution < 1.29 is 0 Å². The molecule has 0 aliphatic rings. The minimum Gasteiger partial charge on any atom is -0.384 e. The predicted octanol–water partition coefficient (Wildman–Crippen LogP) is 3.49. The second-order valence-electron chi connectivity index (χ2n) is 5.22. The van der Waals surface area contributed by atoms with Crippen molar-refractivity contribution in [3.05, 3.63) is 28.8 Å². The van der Waals surface area contributed by atoms with Gasteiger partial charge in [0, 0.05) is 28.9 Å². The maximum Gasteiger partial charge on any atom is 0.124 e. The summed E-state index contributed by atoms with van der Waals surface area (Å²) in [5.74, 6) is 0.613. The van der Waals surface area contributed by atoms with Gasteiger partial charge in [0.25, 0.3) is 0 Å². The number of nitrogens with one attached hydrogen (secondary N) is 1. The van der Waals surface area contributed by atoms with E-state index in [0.717, 1.165) is 17.8 Å². The van der Waals surface area contributed by atoms with Crippen molar-refractivity contribution in [1.82, 2.24) is 0 Å². The van der Waals surface area contributed by atoms with E-state index < -0.39 is 0 Å². The number of nitrogens with zero attached hydrogens (tertiary/aromatic N) is 1. The Kier molecular flexibility index (Phi) is 5.03. The maximum absolute atomic E-state index is 7.67. The van der Waals surface area contributed by atoms with Gasteiger partial charge in [-0.25, -0.2) is 0 Å². The van der Waals surface area contributed by atoms with Gasteiger partial charge in [-0.2, -0.15) is 0 Å². The molecule has 0 aliphatic carbocycles. The Morgan fingerprint density at radius 3 is 2.39 bits per heavy atom. The van der Waals surface area contributed by atoms with E-state index in [4.69, 9.17) is 22.7 Å². The van der Waals surface area contributed by atoms with Gasteiger partial charge in [0.15, 0.2) is 0 Å². The summed E-state index contributed by atoms with van der Waals surface area (Å²) in [6.45, 7) is 9.53. The third kappa shape index (κ3) is 3.64. The molecular weight excluding hydrogens is 246 g/mol. The fourth-order valence-electron chi connectivity index (χ4n) is 1.95. The largest absolute Gasteiger partial charge is 0.384 e. The summed E-state index contributed by atoms with van der Waals surface area (Å²) in [5.41, 5.74) is 7.33. The number of hydrogen-bond donors (Lipinski definition) is 2. The summed E-state index contributed by atoms with van der Waals surface area (Å²) in [6, 6.07) is 5.82. The van der Waals surface area contributed by atoms with Gasteiger partial charge in [-0.15, -0.1) is 0 Å². The normalized spacial score (nSPS) is 11.1. The van der Waals surface area contributed by atoms with Gasteiger partial charge in [-0.1, -0.05) is 25.4 Å². The van der Waals surface area contributed by atoms with Crippen LogP contribution in [-0.2, 0) is 0 Å². The summed E-state index contributed by atoms with van der Waals surface area (Å²) in [6.07, 6.45) is 0. The summed E-state index contributed by atoms with van der Waals surface area (Å²) >= 11 is 6.07. The molecule has 0 unspecified atom stereocenters. The fraction of sp³-hybridized carbons (Fsp3) is 0.500. The standard InChI is InChI=1S/C14H22ClN3/c1-9(2)8-18(10(3)4)13-7-11(15)5-6-12(13)14(16)17/h5-7,9-10H,8H2,1-4H3,(H3,16,17). The van der Waals surface area contributed by atoms with Crippen LogP contribution in [-0.4, -0.2) is 18.4 Å². The fourth-order valence-corrected chi connectivity index (χ4v) is 2.12. The van der Waals surface area contributed by atoms with Gasteiger partial charge in [-0.3, -0.25) is 5.41 Å². The van der Waals surface area contributed by atoms with Gasteiger partial charge in [0.1, 0.15) is 5.84 Å². The van der Waals surface area contributed by atoms with E-state index in [1.807, 2.05) is 12.1 Å². The highest BCUT2D eigenvalue weighted by Gasteiger charge is 2.17. The van der Waals surface area contributed by atoms with Gasteiger partial charge < -0.3 is 10.6 Å². The molecule has 3 N–H and O–H groups in total. The molecule has 1 aromatic carbocycles. The summed E-state index contributed by atoms with van der Waals surface area (Å²) in [4.78, 5) is 2.24. The molecule has 0 aliphatic heterocycles. The first-order valence-electron chi connectivity index (χ1n) is 6.23. The summed E-state index contributed by atoms with van der Waals surface area (Å²) in [7, 11) is 0. The van der Waals surface area contributed by atoms with Crippen LogP contribution < -0.4 is 10.6 Å². The average Bonchev–Trinajstić information content (AvgIpc) is 2.24. The van der Waals surface area contributed by atoms with Crippen molar-refractivity contribution in [2.45, 2.75) is 33.7 Å². The average molecular weight is 268 g/mol. The minimum absolute atomic E-state index is 0.0797. The van der Waals surface area contributed by atoms with Crippen molar-refractivity contribution in [2.24, 2.45) is 11.7 Å². The molecule has 4 heteroatoms. The number of benzene rings is 1. The van der Waals surface area contributed by atoms with Crippen molar-refractivity contribution in [3.8, 4) is 0 Å². The summed E-state index contributed by atoms with van der Waals surface area (Å²) in [5, 5.41) is 8.34. The molecule has 3 nitrogen and oxygen atoms in total. The van der Waals surface area contributed by atoms with Crippen LogP contribution >= 0.6 is 11.6 Å². The number of rotatable bonds is 5. The second-order valence-corrected chi connectivity index (χ2v) is 5.65. The highest BCUT2D eigenvalue weighted by Crippen LogP contribution is 2.27.